The molecule has 0 atom stereocenters. The van der Waals surface area contributed by atoms with Crippen LogP contribution in [0.1, 0.15) is 28.7 Å². The van der Waals surface area contributed by atoms with Crippen LogP contribution in [-0.4, -0.2) is 50.9 Å². The molecule has 8 nitrogen and oxygen atoms in total. The second-order valence-electron chi connectivity index (χ2n) is 7.59. The minimum Gasteiger partial charge on any atom is -0.460 e. The molecule has 1 aromatic carbocycles. The van der Waals surface area contributed by atoms with E-state index in [1.807, 2.05) is 0 Å². The van der Waals surface area contributed by atoms with E-state index in [4.69, 9.17) is 12.2 Å². The molecule has 1 saturated heterocycles. The number of ether oxygens (including phenoxy) is 1. The Balaban J connectivity index is 1.34. The maximum Gasteiger partial charge on any atom is 0.381 e. The number of thiazole rings is 1. The lowest BCUT2D eigenvalue weighted by atomic mass is 10.1. The van der Waals surface area contributed by atoms with Crippen molar-refractivity contribution in [2.45, 2.75) is 13.3 Å². The number of esters is 1. The lowest BCUT2D eigenvalue weighted by Gasteiger charge is -2.13. The molecule has 0 bridgehead atoms. The number of ketones is 1. The summed E-state index contributed by atoms with van der Waals surface area (Å²) >= 11 is 8.71. The van der Waals surface area contributed by atoms with Crippen LogP contribution < -0.4 is 5.32 Å². The highest BCUT2D eigenvalue weighted by Gasteiger charge is 2.32. The number of aromatic nitrogens is 1. The molecule has 1 aliphatic heterocycles. The van der Waals surface area contributed by atoms with Crippen LogP contribution in [0, 0.1) is 11.6 Å². The minimum absolute atomic E-state index is 0.0262. The van der Waals surface area contributed by atoms with Gasteiger partial charge < -0.3 is 10.1 Å². The van der Waals surface area contributed by atoms with Crippen molar-refractivity contribution in [1.82, 2.24) is 9.88 Å². The van der Waals surface area contributed by atoms with E-state index >= 15 is 0 Å². The number of thioether (sulfide) groups is 1. The number of halogens is 2. The summed E-state index contributed by atoms with van der Waals surface area (Å²) in [6, 6.07) is 5.39. The Morgan fingerprint density at radius 1 is 1.13 bits per heavy atom. The lowest BCUT2D eigenvalue weighted by Crippen LogP contribution is -2.31. The molecule has 196 valence electrons. The lowest BCUT2D eigenvalue weighted by molar-refractivity contribution is -0.137. The van der Waals surface area contributed by atoms with Gasteiger partial charge in [-0.3, -0.25) is 19.3 Å². The van der Waals surface area contributed by atoms with Gasteiger partial charge in [0, 0.05) is 23.2 Å². The van der Waals surface area contributed by atoms with Gasteiger partial charge >= 0.3 is 5.97 Å². The van der Waals surface area contributed by atoms with Gasteiger partial charge in [0.1, 0.15) is 10.0 Å². The summed E-state index contributed by atoms with van der Waals surface area (Å²) in [5, 5.41) is 5.77. The summed E-state index contributed by atoms with van der Waals surface area (Å²) in [7, 11) is 0. The first-order valence-corrected chi connectivity index (χ1v) is 13.9. The van der Waals surface area contributed by atoms with Gasteiger partial charge in [-0.25, -0.2) is 18.6 Å². The van der Waals surface area contributed by atoms with Gasteiger partial charge in [0.05, 0.1) is 11.5 Å². The number of anilines is 1. The van der Waals surface area contributed by atoms with E-state index in [9.17, 15) is 28.0 Å². The molecule has 3 heterocycles. The Labute approximate surface area is 232 Å². The smallest absolute Gasteiger partial charge is 0.381 e. The number of Topliss-reactive ketones (excluding diaryl/α,β-unsaturated/α-hetero) is 1. The first-order valence-electron chi connectivity index (χ1n) is 10.9. The molecule has 4 rings (SSSR count). The summed E-state index contributed by atoms with van der Waals surface area (Å²) in [4.78, 5) is 55.1. The molecule has 0 aliphatic carbocycles. The molecular formula is C24H17F2N3O5S4. The predicted molar refractivity (Wildman–Crippen MR) is 146 cm³/mol. The van der Waals surface area contributed by atoms with Crippen molar-refractivity contribution < 1.29 is 32.7 Å². The fourth-order valence-corrected chi connectivity index (χ4v) is 6.14. The molecule has 1 N–H and O–H groups in total. The SMILES string of the molecule is CCOC(=O)C(=O)c1csc(NC(=O)CCN2C(=O)/C(=C/c3cc(-c4ccc(F)c(F)c4)cs3)SC2=S)n1. The Morgan fingerprint density at radius 2 is 1.92 bits per heavy atom. The third-order valence-electron chi connectivity index (χ3n) is 5.03. The van der Waals surface area contributed by atoms with Crippen molar-refractivity contribution in [1.29, 1.82) is 0 Å². The van der Waals surface area contributed by atoms with Gasteiger partial charge in [-0.2, -0.15) is 0 Å². The second kappa shape index (κ2) is 12.0. The number of hydrogen-bond acceptors (Lipinski definition) is 10. The number of thiophene rings is 1. The van der Waals surface area contributed by atoms with Gasteiger partial charge in [-0.05, 0) is 47.7 Å². The van der Waals surface area contributed by atoms with E-state index in [1.165, 1.54) is 27.7 Å². The first-order chi connectivity index (χ1) is 18.2. The number of rotatable bonds is 9. The topological polar surface area (TPSA) is 106 Å². The predicted octanol–water partition coefficient (Wildman–Crippen LogP) is 5.13. The quantitative estimate of drug-likeness (QED) is 0.120. The fraction of sp³-hybridized carbons (Fsp3) is 0.167. The van der Waals surface area contributed by atoms with Crippen molar-refractivity contribution in [2.24, 2.45) is 0 Å². The molecule has 1 aliphatic rings. The number of nitrogens with zero attached hydrogens (tertiary/aromatic N) is 2. The number of benzene rings is 1. The molecule has 0 spiro atoms. The zero-order valence-corrected chi connectivity index (χ0v) is 22.8. The number of nitrogens with one attached hydrogen (secondary N) is 1. The third kappa shape index (κ3) is 6.38. The summed E-state index contributed by atoms with van der Waals surface area (Å²) in [5.74, 6) is -4.62. The zero-order valence-electron chi connectivity index (χ0n) is 19.5. The molecule has 38 heavy (non-hydrogen) atoms. The van der Waals surface area contributed by atoms with Gasteiger partial charge in [-0.1, -0.05) is 30.0 Å². The van der Waals surface area contributed by atoms with E-state index < -0.39 is 29.3 Å². The van der Waals surface area contributed by atoms with Crippen LogP contribution in [0.5, 0.6) is 0 Å². The molecule has 1 fully saturated rings. The number of carbonyl (C=O) groups is 4. The largest absolute Gasteiger partial charge is 0.460 e. The Hall–Kier alpha value is -3.33. The van der Waals surface area contributed by atoms with Crippen molar-refractivity contribution >= 4 is 85.7 Å². The van der Waals surface area contributed by atoms with Crippen LogP contribution in [0.3, 0.4) is 0 Å². The number of hydrogen-bond donors (Lipinski definition) is 1. The standard InChI is InChI=1S/C24H17F2N3O5S4/c1-2-34-22(33)20(31)17-11-37-23(27-17)28-19(30)5-6-29-21(32)18(38-24(29)35)9-14-7-13(10-36-14)12-3-4-15(25)16(26)8-12/h3-4,7-11H,2,5-6H2,1H3,(H,27,28,30)/b18-9-. The highest BCUT2D eigenvalue weighted by molar-refractivity contribution is 8.26. The Bertz CT molecular complexity index is 1480. The Morgan fingerprint density at radius 3 is 2.66 bits per heavy atom. The van der Waals surface area contributed by atoms with Crippen molar-refractivity contribution in [2.75, 3.05) is 18.5 Å². The zero-order chi connectivity index (χ0) is 27.4. The van der Waals surface area contributed by atoms with Crippen molar-refractivity contribution in [3.63, 3.8) is 0 Å². The van der Waals surface area contributed by atoms with Crippen molar-refractivity contribution in [3.05, 3.63) is 62.1 Å². The maximum absolute atomic E-state index is 13.6. The molecule has 14 heteroatoms. The fourth-order valence-electron chi connectivity index (χ4n) is 3.21. The van der Waals surface area contributed by atoms with Gasteiger partial charge in [0.2, 0.25) is 5.91 Å². The maximum atomic E-state index is 13.6. The second-order valence-corrected chi connectivity index (χ2v) is 11.1. The average Bonchev–Trinajstić information content (AvgIpc) is 3.60. The van der Waals surface area contributed by atoms with Crippen LogP contribution in [0.15, 0.2) is 39.9 Å². The summed E-state index contributed by atoms with van der Waals surface area (Å²) in [6.07, 6.45) is 1.57. The molecule has 0 unspecified atom stereocenters. The molecule has 0 radical (unpaired) electrons. The van der Waals surface area contributed by atoms with E-state index in [0.29, 0.717) is 20.4 Å². The van der Waals surface area contributed by atoms with E-state index in [2.05, 4.69) is 15.0 Å². The number of carbonyl (C=O) groups excluding carboxylic acids is 4. The van der Waals surface area contributed by atoms with Gasteiger partial charge in [0.25, 0.3) is 11.7 Å². The summed E-state index contributed by atoms with van der Waals surface area (Å²) < 4.78 is 31.7. The molecule has 3 aromatic rings. The third-order valence-corrected chi connectivity index (χ3v) is 8.04. The summed E-state index contributed by atoms with van der Waals surface area (Å²) in [6.45, 7) is 1.65. The van der Waals surface area contributed by atoms with Gasteiger partial charge in [-0.15, -0.1) is 22.7 Å². The van der Waals surface area contributed by atoms with Crippen LogP contribution in [0.2, 0.25) is 0 Å². The van der Waals surface area contributed by atoms with Gasteiger partial charge in [0.15, 0.2) is 16.8 Å². The molecule has 0 saturated carbocycles. The first kappa shape index (κ1) is 27.7. The molecular weight excluding hydrogens is 577 g/mol. The van der Waals surface area contributed by atoms with Crippen LogP contribution in [0.4, 0.5) is 13.9 Å². The van der Waals surface area contributed by atoms with E-state index in [-0.39, 0.29) is 36.3 Å². The van der Waals surface area contributed by atoms with Crippen LogP contribution in [0.25, 0.3) is 17.2 Å². The summed E-state index contributed by atoms with van der Waals surface area (Å²) in [5.41, 5.74) is 1.06. The number of thiocarbonyl (C=S) groups is 1. The van der Waals surface area contributed by atoms with Crippen LogP contribution in [-0.2, 0) is 19.1 Å². The average molecular weight is 594 g/mol. The minimum atomic E-state index is -1.03. The number of amides is 2. The van der Waals surface area contributed by atoms with E-state index in [0.717, 1.165) is 40.1 Å². The highest BCUT2D eigenvalue weighted by Crippen LogP contribution is 2.35. The Kier molecular flexibility index (Phi) is 8.76. The molecule has 2 aromatic heterocycles. The van der Waals surface area contributed by atoms with Crippen molar-refractivity contribution in [3.8, 4) is 11.1 Å². The van der Waals surface area contributed by atoms with E-state index in [1.54, 1.807) is 24.4 Å². The monoisotopic (exact) mass is 593 g/mol. The molecule has 2 amide bonds. The highest BCUT2D eigenvalue weighted by atomic mass is 32.2. The normalized spacial score (nSPS) is 14.3. The van der Waals surface area contributed by atoms with Crippen LogP contribution >= 0.6 is 46.7 Å².